The van der Waals surface area contributed by atoms with Gasteiger partial charge in [-0.3, -0.25) is 14.5 Å². The number of carbonyl (C=O) groups is 2. The Balaban J connectivity index is 1.49. The molecule has 0 saturated carbocycles. The monoisotopic (exact) mass is 554 g/mol. The SMILES string of the molecule is N=Cc1cc(/C=C2\SC(=O)N(CC3(F)CCNCC3)C2=O)ccc1NCc1ccc(Cl)cc1C(F)(F)F. The number of imide groups is 1. The van der Waals surface area contributed by atoms with Crippen molar-refractivity contribution in [1.29, 1.82) is 5.41 Å². The quantitative estimate of drug-likeness (QED) is 0.219. The minimum absolute atomic E-state index is 0.00929. The highest BCUT2D eigenvalue weighted by Gasteiger charge is 2.42. The standard InChI is InChI=1S/C25H23ClF4N4O2S/c26-18-3-2-16(19(11-18)25(28,29)30)13-33-20-4-1-15(9-17(20)12-31)10-21-22(35)34(23(36)37-21)14-24(27)5-7-32-8-6-24/h1-4,9-12,31-33H,5-8,13-14H2/b21-10-,31-12?. The highest BCUT2D eigenvalue weighted by molar-refractivity contribution is 8.18. The number of rotatable bonds is 7. The molecule has 0 atom stereocenters. The number of benzene rings is 2. The Kier molecular flexibility index (Phi) is 7.96. The van der Waals surface area contributed by atoms with Gasteiger partial charge in [-0.15, -0.1) is 0 Å². The van der Waals surface area contributed by atoms with Crippen molar-refractivity contribution in [1.82, 2.24) is 10.2 Å². The van der Waals surface area contributed by atoms with E-state index in [2.05, 4.69) is 10.6 Å². The van der Waals surface area contributed by atoms with Gasteiger partial charge in [-0.1, -0.05) is 23.7 Å². The molecule has 196 valence electrons. The molecule has 2 aliphatic rings. The lowest BCUT2D eigenvalue weighted by atomic mass is 9.94. The van der Waals surface area contributed by atoms with Gasteiger partial charge in [-0.05, 0) is 79.2 Å². The minimum atomic E-state index is -4.57. The second-order valence-electron chi connectivity index (χ2n) is 8.81. The molecule has 2 amide bonds. The number of nitrogens with zero attached hydrogens (tertiary/aromatic N) is 1. The lowest BCUT2D eigenvalue weighted by Crippen LogP contribution is -2.48. The molecular weight excluding hydrogens is 532 g/mol. The fourth-order valence-electron chi connectivity index (χ4n) is 4.21. The lowest BCUT2D eigenvalue weighted by Gasteiger charge is -2.32. The molecule has 2 aromatic carbocycles. The molecule has 2 heterocycles. The molecule has 37 heavy (non-hydrogen) atoms. The topological polar surface area (TPSA) is 85.3 Å². The zero-order valence-corrected chi connectivity index (χ0v) is 21.0. The van der Waals surface area contributed by atoms with Gasteiger partial charge in [-0.25, -0.2) is 4.39 Å². The third kappa shape index (κ3) is 6.34. The van der Waals surface area contributed by atoms with Crippen LogP contribution in [0, 0.1) is 5.41 Å². The first-order valence-electron chi connectivity index (χ1n) is 11.4. The summed E-state index contributed by atoms with van der Waals surface area (Å²) in [6.45, 7) is 0.497. The molecule has 2 aromatic rings. The fourth-order valence-corrected chi connectivity index (χ4v) is 5.22. The van der Waals surface area contributed by atoms with Crippen LogP contribution in [-0.4, -0.2) is 47.6 Å². The van der Waals surface area contributed by atoms with Crippen LogP contribution in [0.3, 0.4) is 0 Å². The Hall–Kier alpha value is -2.89. The van der Waals surface area contributed by atoms with Crippen LogP contribution in [0.2, 0.25) is 5.02 Å². The van der Waals surface area contributed by atoms with Crippen molar-refractivity contribution in [2.75, 3.05) is 25.0 Å². The summed E-state index contributed by atoms with van der Waals surface area (Å²) < 4.78 is 55.2. The number of alkyl halides is 4. The van der Waals surface area contributed by atoms with Crippen molar-refractivity contribution in [3.05, 3.63) is 68.6 Å². The summed E-state index contributed by atoms with van der Waals surface area (Å²) in [5.74, 6) is -0.577. The van der Waals surface area contributed by atoms with Gasteiger partial charge >= 0.3 is 6.18 Å². The van der Waals surface area contributed by atoms with Crippen LogP contribution in [0.4, 0.5) is 28.0 Å². The normalized spacial score (nSPS) is 18.9. The van der Waals surface area contributed by atoms with Crippen molar-refractivity contribution in [2.24, 2.45) is 0 Å². The van der Waals surface area contributed by atoms with Crippen LogP contribution < -0.4 is 10.6 Å². The summed E-state index contributed by atoms with van der Waals surface area (Å²) in [4.78, 5) is 26.3. The molecule has 2 aliphatic heterocycles. The van der Waals surface area contributed by atoms with E-state index in [1.807, 2.05) is 0 Å². The maximum Gasteiger partial charge on any atom is 0.416 e. The van der Waals surface area contributed by atoms with Crippen molar-refractivity contribution >= 4 is 52.5 Å². The number of thioether (sulfide) groups is 1. The largest absolute Gasteiger partial charge is 0.416 e. The molecule has 0 unspecified atom stereocenters. The Labute approximate surface area is 219 Å². The van der Waals surface area contributed by atoms with Gasteiger partial charge < -0.3 is 16.0 Å². The van der Waals surface area contributed by atoms with E-state index in [4.69, 9.17) is 17.0 Å². The number of hydrogen-bond acceptors (Lipinski definition) is 6. The van der Waals surface area contributed by atoms with Crippen LogP contribution >= 0.6 is 23.4 Å². The van der Waals surface area contributed by atoms with Gasteiger partial charge in [0.25, 0.3) is 11.1 Å². The van der Waals surface area contributed by atoms with Crippen LogP contribution in [0.1, 0.15) is 35.1 Å². The van der Waals surface area contributed by atoms with Crippen molar-refractivity contribution < 1.29 is 27.2 Å². The van der Waals surface area contributed by atoms with E-state index in [0.717, 1.165) is 28.9 Å². The second kappa shape index (κ2) is 10.8. The Morgan fingerprint density at radius 2 is 1.89 bits per heavy atom. The Bertz CT molecular complexity index is 1260. The summed E-state index contributed by atoms with van der Waals surface area (Å²) in [6.07, 6.45) is -1.64. The van der Waals surface area contributed by atoms with E-state index in [-0.39, 0.29) is 41.4 Å². The third-order valence-corrected chi connectivity index (χ3v) is 7.33. The van der Waals surface area contributed by atoms with E-state index < -0.39 is 28.6 Å². The molecule has 2 fully saturated rings. The number of carbonyl (C=O) groups excluding carboxylic acids is 2. The minimum Gasteiger partial charge on any atom is -0.380 e. The Morgan fingerprint density at radius 3 is 2.57 bits per heavy atom. The molecule has 0 spiro atoms. The summed E-state index contributed by atoms with van der Waals surface area (Å²) in [5.41, 5.74) is -1.19. The van der Waals surface area contributed by atoms with Crippen LogP contribution in [-0.2, 0) is 17.5 Å². The molecule has 4 rings (SSSR count). The van der Waals surface area contributed by atoms with Crippen LogP contribution in [0.15, 0.2) is 41.3 Å². The molecule has 3 N–H and O–H groups in total. The van der Waals surface area contributed by atoms with Crippen LogP contribution in [0.5, 0.6) is 0 Å². The third-order valence-electron chi connectivity index (χ3n) is 6.19. The second-order valence-corrected chi connectivity index (χ2v) is 10.2. The smallest absolute Gasteiger partial charge is 0.380 e. The van der Waals surface area contributed by atoms with Gasteiger partial charge in [0.2, 0.25) is 0 Å². The highest BCUT2D eigenvalue weighted by atomic mass is 35.5. The maximum atomic E-state index is 15.1. The lowest BCUT2D eigenvalue weighted by molar-refractivity contribution is -0.138. The summed E-state index contributed by atoms with van der Waals surface area (Å²) in [5, 5.41) is 13.1. The number of nitrogens with one attached hydrogen (secondary N) is 3. The summed E-state index contributed by atoms with van der Waals surface area (Å²) in [7, 11) is 0. The zero-order valence-electron chi connectivity index (χ0n) is 19.4. The van der Waals surface area contributed by atoms with Crippen molar-refractivity contribution in [3.8, 4) is 0 Å². The molecular formula is C25H23ClF4N4O2S. The average Bonchev–Trinajstić information content (AvgIpc) is 3.10. The van der Waals surface area contributed by atoms with Gasteiger partial charge in [0.1, 0.15) is 5.67 Å². The molecule has 0 radical (unpaired) electrons. The molecule has 0 aliphatic carbocycles. The first kappa shape index (κ1) is 27.2. The molecule has 2 saturated heterocycles. The van der Waals surface area contributed by atoms with E-state index in [9.17, 15) is 22.8 Å². The highest BCUT2D eigenvalue weighted by Crippen LogP contribution is 2.37. The average molecular weight is 555 g/mol. The first-order chi connectivity index (χ1) is 17.5. The van der Waals surface area contributed by atoms with Gasteiger partial charge in [0.15, 0.2) is 0 Å². The summed E-state index contributed by atoms with van der Waals surface area (Å²) in [6, 6.07) is 8.28. The van der Waals surface area contributed by atoms with Crippen molar-refractivity contribution in [3.63, 3.8) is 0 Å². The fraction of sp³-hybridized carbons (Fsp3) is 0.320. The molecule has 0 aromatic heterocycles. The van der Waals surface area contributed by atoms with E-state index in [1.54, 1.807) is 18.2 Å². The van der Waals surface area contributed by atoms with E-state index in [0.29, 0.717) is 29.9 Å². The number of amides is 2. The number of anilines is 1. The van der Waals surface area contributed by atoms with E-state index >= 15 is 4.39 Å². The number of piperidine rings is 1. The Morgan fingerprint density at radius 1 is 1.16 bits per heavy atom. The zero-order chi connectivity index (χ0) is 26.8. The van der Waals surface area contributed by atoms with Crippen molar-refractivity contribution in [2.45, 2.75) is 31.2 Å². The molecule has 6 nitrogen and oxygen atoms in total. The summed E-state index contributed by atoms with van der Waals surface area (Å²) >= 11 is 6.45. The first-order valence-corrected chi connectivity index (χ1v) is 12.6. The predicted octanol–water partition coefficient (Wildman–Crippen LogP) is 6.10. The van der Waals surface area contributed by atoms with Gasteiger partial charge in [-0.2, -0.15) is 13.2 Å². The maximum absolute atomic E-state index is 15.1. The number of halogens is 5. The van der Waals surface area contributed by atoms with Gasteiger partial charge in [0.05, 0.1) is 17.0 Å². The van der Waals surface area contributed by atoms with E-state index in [1.165, 1.54) is 18.2 Å². The number of hydrogen-bond donors (Lipinski definition) is 3. The molecule has 0 bridgehead atoms. The van der Waals surface area contributed by atoms with Crippen LogP contribution in [0.25, 0.3) is 6.08 Å². The predicted molar refractivity (Wildman–Crippen MR) is 137 cm³/mol. The molecule has 12 heteroatoms. The van der Waals surface area contributed by atoms with Gasteiger partial charge in [0, 0.05) is 29.0 Å².